The van der Waals surface area contributed by atoms with Gasteiger partial charge in [0.1, 0.15) is 0 Å². The summed E-state index contributed by atoms with van der Waals surface area (Å²) in [5, 5.41) is 3.31. The number of allylic oxidation sites excluding steroid dienone is 4. The predicted molar refractivity (Wildman–Crippen MR) is 111 cm³/mol. The van der Waals surface area contributed by atoms with Crippen molar-refractivity contribution in [3.63, 3.8) is 0 Å². The Hall–Kier alpha value is 0.501. The maximum atomic E-state index is 3.79. The van der Waals surface area contributed by atoms with Gasteiger partial charge in [-0.2, -0.15) is 11.6 Å². The zero-order valence-electron chi connectivity index (χ0n) is 18.5. The van der Waals surface area contributed by atoms with Gasteiger partial charge >= 0.3 is 21.7 Å². The number of hydrogen-bond donors (Lipinski definition) is 0. The van der Waals surface area contributed by atoms with Gasteiger partial charge in [-0.15, -0.1) is 6.42 Å². The molecular weight excluding hydrogens is 459 g/mol. The van der Waals surface area contributed by atoms with E-state index in [4.69, 9.17) is 0 Å². The summed E-state index contributed by atoms with van der Waals surface area (Å²) in [4.78, 5) is 0. The summed E-state index contributed by atoms with van der Waals surface area (Å²) in [6, 6.07) is 6.16. The summed E-state index contributed by atoms with van der Waals surface area (Å²) in [6.07, 6.45) is 11.3. The van der Waals surface area contributed by atoms with Crippen molar-refractivity contribution in [2.24, 2.45) is 5.41 Å². The van der Waals surface area contributed by atoms with Crippen molar-refractivity contribution in [2.45, 2.75) is 80.2 Å². The van der Waals surface area contributed by atoms with Crippen molar-refractivity contribution in [2.75, 3.05) is 0 Å². The summed E-state index contributed by atoms with van der Waals surface area (Å²) in [6.45, 7) is 16.3. The van der Waals surface area contributed by atoms with E-state index in [2.05, 4.69) is 72.8 Å². The average molecular weight is 494 g/mol. The molecule has 0 spiro atoms. The fourth-order valence-corrected chi connectivity index (χ4v) is 8.38. The zero-order chi connectivity index (χ0) is 17.9. The minimum absolute atomic E-state index is 0. The molecule has 0 aromatic heterocycles. The van der Waals surface area contributed by atoms with Gasteiger partial charge in [0.05, 0.1) is 8.80 Å². The second-order valence-corrected chi connectivity index (χ2v) is 11.4. The quantitative estimate of drug-likeness (QED) is 0.224. The first-order valence-electron chi connectivity index (χ1n) is 9.65. The molecular formula is C23H35Cl3SiTi. The third-order valence-corrected chi connectivity index (χ3v) is 9.03. The normalized spacial score (nSPS) is 13.8. The molecule has 0 fully saturated rings. The molecule has 0 saturated carbocycles. The molecule has 0 aliphatic heterocycles. The van der Waals surface area contributed by atoms with E-state index in [0.29, 0.717) is 0 Å². The molecule has 0 N–H and O–H groups in total. The largest absolute Gasteiger partial charge is 4.00 e. The predicted octanol–water partition coefficient (Wildman–Crippen LogP) is -3.11. The van der Waals surface area contributed by atoms with Gasteiger partial charge in [0.15, 0.2) is 0 Å². The Morgan fingerprint density at radius 1 is 0.964 bits per heavy atom. The number of benzene rings is 1. The zero-order valence-corrected chi connectivity index (χ0v) is 23.5. The van der Waals surface area contributed by atoms with Gasteiger partial charge in [-0.05, 0) is 20.8 Å². The first-order valence-corrected chi connectivity index (χ1v) is 11.6. The van der Waals surface area contributed by atoms with Crippen LogP contribution in [0.3, 0.4) is 0 Å². The number of hydrogen-bond acceptors (Lipinski definition) is 0. The summed E-state index contributed by atoms with van der Waals surface area (Å²) in [7, 11) is -1.20. The van der Waals surface area contributed by atoms with Crippen molar-refractivity contribution in [1.29, 1.82) is 0 Å². The van der Waals surface area contributed by atoms with E-state index in [-0.39, 0.29) is 64.4 Å². The third kappa shape index (κ3) is 8.32. The monoisotopic (exact) mass is 492 g/mol. The van der Waals surface area contributed by atoms with Crippen LogP contribution < -0.4 is 42.4 Å². The van der Waals surface area contributed by atoms with E-state index in [0.717, 1.165) is 6.42 Å². The number of aryl methyl sites for hydroxylation is 3. The molecule has 0 amide bonds. The second-order valence-electron chi connectivity index (χ2n) is 8.52. The van der Waals surface area contributed by atoms with E-state index in [1.165, 1.54) is 42.0 Å². The molecule has 1 atom stereocenters. The first-order chi connectivity index (χ1) is 11.3. The summed E-state index contributed by atoms with van der Waals surface area (Å²) in [5.41, 5.74) is 6.23. The average Bonchev–Trinajstić information content (AvgIpc) is 2.94. The van der Waals surface area contributed by atoms with Crippen molar-refractivity contribution in [3.05, 3.63) is 51.7 Å². The van der Waals surface area contributed by atoms with Crippen LogP contribution in [-0.2, 0) is 21.7 Å². The van der Waals surface area contributed by atoms with Crippen LogP contribution in [0, 0.1) is 32.3 Å². The fourth-order valence-electron chi connectivity index (χ4n) is 4.26. The third-order valence-electron chi connectivity index (χ3n) is 5.23. The number of unbranched alkanes of at least 4 members (excludes halogenated alkanes) is 2. The Bertz CT molecular complexity index is 637. The van der Waals surface area contributed by atoms with Gasteiger partial charge < -0.3 is 37.2 Å². The van der Waals surface area contributed by atoms with E-state index in [1.54, 1.807) is 16.0 Å². The maximum Gasteiger partial charge on any atom is 4.00 e. The smallest absolute Gasteiger partial charge is 1.00 e. The molecule has 0 heterocycles. The minimum atomic E-state index is -1.20. The maximum absolute atomic E-state index is 3.79. The van der Waals surface area contributed by atoms with Gasteiger partial charge in [0.2, 0.25) is 0 Å². The Balaban J connectivity index is -0.00000156. The molecule has 2 rings (SSSR count). The Morgan fingerprint density at radius 3 is 1.96 bits per heavy atom. The molecule has 0 radical (unpaired) electrons. The van der Waals surface area contributed by atoms with Gasteiger partial charge in [-0.1, -0.05) is 92.4 Å². The molecule has 0 nitrogen and oxygen atoms in total. The van der Waals surface area contributed by atoms with Crippen LogP contribution in [0.25, 0.3) is 0 Å². The van der Waals surface area contributed by atoms with Crippen LogP contribution in [0.2, 0.25) is 6.04 Å². The van der Waals surface area contributed by atoms with Crippen LogP contribution in [0.15, 0.2) is 29.0 Å². The van der Waals surface area contributed by atoms with E-state index in [1.807, 2.05) is 0 Å². The Morgan fingerprint density at radius 2 is 1.50 bits per heavy atom. The van der Waals surface area contributed by atoms with Gasteiger partial charge in [0.25, 0.3) is 0 Å². The summed E-state index contributed by atoms with van der Waals surface area (Å²) < 4.78 is 0. The van der Waals surface area contributed by atoms with Gasteiger partial charge in [-0.3, -0.25) is 6.08 Å². The minimum Gasteiger partial charge on any atom is -1.00 e. The Kier molecular flexibility index (Phi) is 17.2. The van der Waals surface area contributed by atoms with E-state index < -0.39 is 8.80 Å². The Labute approximate surface area is 209 Å². The molecule has 28 heavy (non-hydrogen) atoms. The number of halogens is 3. The van der Waals surface area contributed by atoms with Crippen molar-refractivity contribution in [3.8, 4) is 0 Å². The van der Waals surface area contributed by atoms with Gasteiger partial charge in [0, 0.05) is 0 Å². The summed E-state index contributed by atoms with van der Waals surface area (Å²) >= 11 is 0. The fraction of sp³-hybridized carbons (Fsp3) is 0.565. The van der Waals surface area contributed by atoms with Crippen molar-refractivity contribution in [1.82, 2.24) is 0 Å². The van der Waals surface area contributed by atoms with E-state index in [9.17, 15) is 0 Å². The molecule has 156 valence electrons. The molecule has 0 saturated heterocycles. The van der Waals surface area contributed by atoms with Crippen LogP contribution >= 0.6 is 0 Å². The number of rotatable bonds is 6. The van der Waals surface area contributed by atoms with E-state index >= 15 is 0 Å². The van der Waals surface area contributed by atoms with Gasteiger partial charge in [-0.25, -0.2) is 5.20 Å². The van der Waals surface area contributed by atoms with Crippen molar-refractivity contribution >= 4 is 14.0 Å². The van der Waals surface area contributed by atoms with Crippen molar-refractivity contribution < 1.29 is 58.9 Å². The summed E-state index contributed by atoms with van der Waals surface area (Å²) in [5.74, 6) is 0. The van der Waals surface area contributed by atoms with Crippen LogP contribution in [0.1, 0.15) is 70.1 Å². The molecule has 1 unspecified atom stereocenters. The standard InChI is InChI=1S/C23H35Si.3ClH.Ti/c1-8-9-10-14-24(21-13-11-12-20(21)23(5,6)7)22-18(3)15-17(2)16-19(22)4;;;;/h12,15-16,24H,8-11,14H2,1-7H3;3*1H;/q-1;;;;+4/p-3. The first kappa shape index (κ1) is 33.1. The molecule has 1 aromatic rings. The SMILES string of the molecule is CCCCC[SiH](C1=[C-]CC=C1C(C)(C)C)c1c(C)cc(C)cc1C.[Cl-].[Cl-].[Cl-].[Ti+4]. The van der Waals surface area contributed by atoms with Crippen LogP contribution in [0.4, 0.5) is 0 Å². The molecule has 1 aliphatic carbocycles. The van der Waals surface area contributed by atoms with Crippen LogP contribution in [-0.4, -0.2) is 8.80 Å². The molecule has 5 heteroatoms. The van der Waals surface area contributed by atoms with Crippen LogP contribution in [0.5, 0.6) is 0 Å². The topological polar surface area (TPSA) is 0 Å². The molecule has 1 aromatic carbocycles. The second kappa shape index (κ2) is 14.5. The molecule has 0 bridgehead atoms. The molecule has 1 aliphatic rings.